The molecule has 3 rings (SSSR count). The maximum absolute atomic E-state index is 12.6. The number of ether oxygens (including phenoxy) is 2. The van der Waals surface area contributed by atoms with E-state index < -0.39 is 10.8 Å². The van der Waals surface area contributed by atoms with Crippen LogP contribution in [0.25, 0.3) is 10.9 Å². The van der Waals surface area contributed by atoms with E-state index in [1.54, 1.807) is 23.7 Å². The van der Waals surface area contributed by atoms with Gasteiger partial charge in [-0.25, -0.2) is 5.43 Å². The number of nitrogens with zero attached hydrogens (tertiary/aromatic N) is 3. The first-order valence-electron chi connectivity index (χ1n) is 10.3. The van der Waals surface area contributed by atoms with Gasteiger partial charge in [-0.1, -0.05) is 38.0 Å². The molecule has 1 amide bonds. The summed E-state index contributed by atoms with van der Waals surface area (Å²) in [5.41, 5.74) is 4.02. The Labute approximate surface area is 185 Å². The number of aromatic nitrogens is 1. The lowest BCUT2D eigenvalue weighted by Crippen LogP contribution is -2.20. The van der Waals surface area contributed by atoms with Gasteiger partial charge in [0.05, 0.1) is 24.9 Å². The smallest absolute Gasteiger partial charge is 0.315 e. The third-order valence-electron chi connectivity index (χ3n) is 5.03. The number of nitro groups is 1. The second kappa shape index (κ2) is 10.4. The summed E-state index contributed by atoms with van der Waals surface area (Å²) in [5, 5.41) is 16.5. The predicted molar refractivity (Wildman–Crippen MR) is 123 cm³/mol. The van der Waals surface area contributed by atoms with Gasteiger partial charge in [0.15, 0.2) is 5.75 Å². The zero-order valence-corrected chi connectivity index (χ0v) is 18.3. The van der Waals surface area contributed by atoms with Crippen molar-refractivity contribution in [2.75, 3.05) is 13.7 Å². The highest BCUT2D eigenvalue weighted by molar-refractivity contribution is 5.99. The van der Waals surface area contributed by atoms with Crippen LogP contribution < -0.4 is 14.9 Å². The lowest BCUT2D eigenvalue weighted by Gasteiger charge is -2.11. The maximum atomic E-state index is 12.6. The van der Waals surface area contributed by atoms with E-state index in [-0.39, 0.29) is 17.2 Å². The molecule has 0 saturated heterocycles. The van der Waals surface area contributed by atoms with Crippen LogP contribution in [0.2, 0.25) is 0 Å². The molecule has 9 heteroatoms. The van der Waals surface area contributed by atoms with E-state index in [0.717, 1.165) is 30.2 Å². The summed E-state index contributed by atoms with van der Waals surface area (Å²) < 4.78 is 12.7. The van der Waals surface area contributed by atoms with Gasteiger partial charge >= 0.3 is 5.69 Å². The van der Waals surface area contributed by atoms with Gasteiger partial charge in [0.1, 0.15) is 5.69 Å². The van der Waals surface area contributed by atoms with Crippen molar-refractivity contribution >= 4 is 28.7 Å². The summed E-state index contributed by atoms with van der Waals surface area (Å²) in [5.74, 6) is -0.0697. The van der Waals surface area contributed by atoms with Crippen molar-refractivity contribution in [3.63, 3.8) is 0 Å². The van der Waals surface area contributed by atoms with Gasteiger partial charge in [-0.2, -0.15) is 5.10 Å². The number of rotatable bonds is 10. The van der Waals surface area contributed by atoms with Crippen molar-refractivity contribution in [2.24, 2.45) is 12.1 Å². The highest BCUT2D eigenvalue weighted by Crippen LogP contribution is 2.38. The summed E-state index contributed by atoms with van der Waals surface area (Å²) in [6, 6.07) is 12.3. The van der Waals surface area contributed by atoms with E-state index >= 15 is 0 Å². The zero-order valence-electron chi connectivity index (χ0n) is 18.3. The summed E-state index contributed by atoms with van der Waals surface area (Å²) in [4.78, 5) is 23.6. The Morgan fingerprint density at radius 2 is 2.03 bits per heavy atom. The molecule has 168 valence electrons. The lowest BCUT2D eigenvalue weighted by atomic mass is 10.2. The molecule has 0 aliphatic carbocycles. The van der Waals surface area contributed by atoms with Gasteiger partial charge < -0.3 is 14.0 Å². The molecule has 1 N–H and O–H groups in total. The number of carbonyl (C=O) groups excluding carboxylic acids is 1. The van der Waals surface area contributed by atoms with Crippen molar-refractivity contribution in [1.82, 2.24) is 9.99 Å². The minimum absolute atomic E-state index is 0.0882. The molecule has 1 aromatic heterocycles. The van der Waals surface area contributed by atoms with Crippen LogP contribution in [-0.2, 0) is 7.05 Å². The first-order chi connectivity index (χ1) is 15.5. The van der Waals surface area contributed by atoms with Crippen LogP contribution in [0.3, 0.4) is 0 Å². The molecule has 0 fully saturated rings. The Kier molecular flexibility index (Phi) is 7.43. The van der Waals surface area contributed by atoms with E-state index in [4.69, 9.17) is 9.47 Å². The number of benzene rings is 2. The Balaban J connectivity index is 1.78. The van der Waals surface area contributed by atoms with Gasteiger partial charge in [0.2, 0.25) is 5.75 Å². The van der Waals surface area contributed by atoms with Crippen molar-refractivity contribution < 1.29 is 19.2 Å². The van der Waals surface area contributed by atoms with Crippen LogP contribution in [0.15, 0.2) is 47.6 Å². The molecule has 0 spiro atoms. The number of fused-ring (bicyclic) bond motifs is 1. The SMILES string of the molecule is CCCCCOc1c(OC)cc(/C=N/NC(=O)c2cc3ccccc3n2C)cc1[N+](=O)[O-]. The number of methoxy groups -OCH3 is 1. The minimum Gasteiger partial charge on any atom is -0.493 e. The number of nitrogens with one attached hydrogen (secondary N) is 1. The van der Waals surface area contributed by atoms with Crippen LogP contribution in [0.4, 0.5) is 5.69 Å². The van der Waals surface area contributed by atoms with E-state index in [1.165, 1.54) is 19.4 Å². The minimum atomic E-state index is -0.525. The summed E-state index contributed by atoms with van der Waals surface area (Å²) in [7, 11) is 3.22. The fraction of sp³-hybridized carbons (Fsp3) is 0.304. The van der Waals surface area contributed by atoms with Crippen LogP contribution in [0.1, 0.15) is 42.2 Å². The average Bonchev–Trinajstić information content (AvgIpc) is 3.13. The standard InChI is InChI=1S/C23H26N4O5/c1-4-5-8-11-32-22-19(27(29)30)12-16(13-21(22)31-3)15-24-25-23(28)20-14-17-9-6-7-10-18(17)26(20)2/h6-7,9-10,12-15H,4-5,8,11H2,1-3H3,(H,25,28)/b24-15+. The van der Waals surface area contributed by atoms with Crippen molar-refractivity contribution in [1.29, 1.82) is 0 Å². The van der Waals surface area contributed by atoms with E-state index in [9.17, 15) is 14.9 Å². The molecule has 0 saturated carbocycles. The van der Waals surface area contributed by atoms with Gasteiger partial charge in [-0.3, -0.25) is 14.9 Å². The fourth-order valence-corrected chi connectivity index (χ4v) is 3.37. The summed E-state index contributed by atoms with van der Waals surface area (Å²) in [6.45, 7) is 2.43. The second-order valence-electron chi connectivity index (χ2n) is 7.23. The average molecular weight is 438 g/mol. The number of carbonyl (C=O) groups is 1. The van der Waals surface area contributed by atoms with E-state index in [1.807, 2.05) is 24.3 Å². The molecule has 0 radical (unpaired) electrons. The first kappa shape index (κ1) is 22.8. The molecular formula is C23H26N4O5. The number of amides is 1. The van der Waals surface area contributed by atoms with Crippen molar-refractivity contribution in [3.8, 4) is 11.5 Å². The Hall–Kier alpha value is -3.88. The van der Waals surface area contributed by atoms with E-state index in [2.05, 4.69) is 17.5 Å². The lowest BCUT2D eigenvalue weighted by molar-refractivity contribution is -0.386. The largest absolute Gasteiger partial charge is 0.493 e. The number of aryl methyl sites for hydroxylation is 1. The molecule has 0 aliphatic heterocycles. The monoisotopic (exact) mass is 438 g/mol. The molecule has 3 aromatic rings. The topological polar surface area (TPSA) is 108 Å². The van der Waals surface area contributed by atoms with Gasteiger partial charge in [-0.15, -0.1) is 0 Å². The Morgan fingerprint density at radius 1 is 1.25 bits per heavy atom. The molecule has 32 heavy (non-hydrogen) atoms. The highest BCUT2D eigenvalue weighted by Gasteiger charge is 2.22. The summed E-state index contributed by atoms with van der Waals surface area (Å²) in [6.07, 6.45) is 4.11. The molecular weight excluding hydrogens is 412 g/mol. The van der Waals surface area contributed by atoms with Crippen LogP contribution in [0, 0.1) is 10.1 Å². The van der Waals surface area contributed by atoms with E-state index in [0.29, 0.717) is 17.9 Å². The predicted octanol–water partition coefficient (Wildman–Crippen LogP) is 4.43. The zero-order chi connectivity index (χ0) is 23.1. The van der Waals surface area contributed by atoms with Crippen LogP contribution in [0.5, 0.6) is 11.5 Å². The fourth-order valence-electron chi connectivity index (χ4n) is 3.37. The number of nitro benzene ring substituents is 1. The van der Waals surface area contributed by atoms with Gasteiger partial charge in [0.25, 0.3) is 5.91 Å². The highest BCUT2D eigenvalue weighted by atomic mass is 16.6. The number of hydrogen-bond donors (Lipinski definition) is 1. The van der Waals surface area contributed by atoms with Crippen LogP contribution in [-0.4, -0.2) is 35.3 Å². The number of hydrazone groups is 1. The molecule has 0 atom stereocenters. The number of para-hydroxylation sites is 1. The molecule has 0 unspecified atom stereocenters. The third kappa shape index (κ3) is 5.05. The molecule has 1 heterocycles. The van der Waals surface area contributed by atoms with Crippen molar-refractivity contribution in [3.05, 3.63) is 63.8 Å². The second-order valence-corrected chi connectivity index (χ2v) is 7.23. The molecule has 0 bridgehead atoms. The molecule has 2 aromatic carbocycles. The van der Waals surface area contributed by atoms with Crippen molar-refractivity contribution in [2.45, 2.75) is 26.2 Å². The maximum Gasteiger partial charge on any atom is 0.315 e. The summed E-state index contributed by atoms with van der Waals surface area (Å²) >= 11 is 0. The normalized spacial score (nSPS) is 11.1. The Bertz CT molecular complexity index is 1150. The van der Waals surface area contributed by atoms with Gasteiger partial charge in [-0.05, 0) is 24.6 Å². The quantitative estimate of drug-likeness (QED) is 0.218. The molecule has 9 nitrogen and oxygen atoms in total. The van der Waals surface area contributed by atoms with Gasteiger partial charge in [0, 0.05) is 29.6 Å². The number of unbranched alkanes of at least 4 members (excludes halogenated alkanes) is 2. The Morgan fingerprint density at radius 3 is 2.72 bits per heavy atom. The molecule has 0 aliphatic rings. The first-order valence-corrected chi connectivity index (χ1v) is 10.3. The third-order valence-corrected chi connectivity index (χ3v) is 5.03. The number of hydrogen-bond acceptors (Lipinski definition) is 6. The van der Waals surface area contributed by atoms with Crippen LogP contribution >= 0.6 is 0 Å².